The highest BCUT2D eigenvalue weighted by atomic mass is 15.1. The molecule has 0 heterocycles. The zero-order valence-corrected chi connectivity index (χ0v) is 13.3. The van der Waals surface area contributed by atoms with E-state index in [2.05, 4.69) is 63.0 Å². The van der Waals surface area contributed by atoms with Crippen molar-refractivity contribution >= 4 is 5.69 Å². The average Bonchev–Trinajstić information content (AvgIpc) is 2.37. The van der Waals surface area contributed by atoms with E-state index in [0.29, 0.717) is 6.04 Å². The van der Waals surface area contributed by atoms with E-state index in [1.807, 2.05) is 0 Å². The molecule has 0 saturated heterocycles. The lowest BCUT2D eigenvalue weighted by Gasteiger charge is -2.25. The maximum absolute atomic E-state index is 3.49. The van der Waals surface area contributed by atoms with Crippen LogP contribution < -0.4 is 10.2 Å². The van der Waals surface area contributed by atoms with Crippen LogP contribution in [0.3, 0.4) is 0 Å². The number of aryl methyl sites for hydroxylation is 1. The first-order valence-corrected chi connectivity index (χ1v) is 7.66. The van der Waals surface area contributed by atoms with Crippen LogP contribution in [0.25, 0.3) is 0 Å². The summed E-state index contributed by atoms with van der Waals surface area (Å²) in [6.45, 7) is 14.4. The normalized spacial score (nSPS) is 11.1. The van der Waals surface area contributed by atoms with Gasteiger partial charge in [0, 0.05) is 31.4 Å². The fourth-order valence-electron chi connectivity index (χ4n) is 2.30. The largest absolute Gasteiger partial charge is 0.372 e. The zero-order chi connectivity index (χ0) is 14.3. The summed E-state index contributed by atoms with van der Waals surface area (Å²) in [7, 11) is 0. The molecule has 0 atom stereocenters. The molecule has 0 aliphatic rings. The Bertz CT molecular complexity index is 366. The summed E-state index contributed by atoms with van der Waals surface area (Å²) in [5, 5.41) is 3.49. The Morgan fingerprint density at radius 3 is 2.21 bits per heavy atom. The van der Waals surface area contributed by atoms with E-state index in [1.54, 1.807) is 0 Å². The molecule has 0 radical (unpaired) electrons. The molecular weight excluding hydrogens is 232 g/mol. The van der Waals surface area contributed by atoms with Crippen molar-refractivity contribution in [2.75, 3.05) is 18.0 Å². The third-order valence-electron chi connectivity index (χ3n) is 3.38. The number of hydrogen-bond acceptors (Lipinski definition) is 2. The van der Waals surface area contributed by atoms with Gasteiger partial charge in [0.1, 0.15) is 0 Å². The van der Waals surface area contributed by atoms with Crippen molar-refractivity contribution in [3.05, 3.63) is 29.3 Å². The molecule has 2 heteroatoms. The summed E-state index contributed by atoms with van der Waals surface area (Å²) < 4.78 is 0. The molecule has 0 unspecified atom stereocenters. The van der Waals surface area contributed by atoms with Crippen LogP contribution in [0.1, 0.15) is 51.7 Å². The van der Waals surface area contributed by atoms with Gasteiger partial charge in [-0.2, -0.15) is 0 Å². The van der Waals surface area contributed by atoms with E-state index in [4.69, 9.17) is 0 Å². The van der Waals surface area contributed by atoms with Crippen molar-refractivity contribution in [3.8, 4) is 0 Å². The summed E-state index contributed by atoms with van der Waals surface area (Å²) in [6.07, 6.45) is 2.41. The quantitative estimate of drug-likeness (QED) is 0.758. The summed E-state index contributed by atoms with van der Waals surface area (Å²) in [5.41, 5.74) is 4.17. The average molecular weight is 262 g/mol. The van der Waals surface area contributed by atoms with Gasteiger partial charge in [-0.1, -0.05) is 33.8 Å². The van der Waals surface area contributed by atoms with E-state index in [0.717, 1.165) is 19.6 Å². The Hall–Kier alpha value is -1.02. The van der Waals surface area contributed by atoms with Crippen molar-refractivity contribution in [2.45, 2.75) is 60.0 Å². The van der Waals surface area contributed by atoms with Gasteiger partial charge in [0.15, 0.2) is 0 Å². The monoisotopic (exact) mass is 262 g/mol. The first kappa shape index (κ1) is 16.0. The molecule has 0 aliphatic heterocycles. The van der Waals surface area contributed by atoms with E-state index < -0.39 is 0 Å². The summed E-state index contributed by atoms with van der Waals surface area (Å²) >= 11 is 0. The summed E-state index contributed by atoms with van der Waals surface area (Å²) in [5.74, 6) is 0. The second-order valence-electron chi connectivity index (χ2n) is 5.63. The summed E-state index contributed by atoms with van der Waals surface area (Å²) in [6, 6.07) is 7.42. The highest BCUT2D eigenvalue weighted by molar-refractivity contribution is 5.50. The number of nitrogens with zero attached hydrogens (tertiary/aromatic N) is 1. The number of nitrogens with one attached hydrogen (secondary N) is 1. The Balaban J connectivity index is 2.78. The molecule has 0 spiro atoms. The van der Waals surface area contributed by atoms with Crippen LogP contribution in [-0.4, -0.2) is 19.1 Å². The van der Waals surface area contributed by atoms with E-state index >= 15 is 0 Å². The van der Waals surface area contributed by atoms with Crippen LogP contribution in [0.15, 0.2) is 18.2 Å². The van der Waals surface area contributed by atoms with Crippen LogP contribution >= 0.6 is 0 Å². The predicted molar refractivity (Wildman–Crippen MR) is 85.9 cm³/mol. The molecule has 1 N–H and O–H groups in total. The molecule has 0 aromatic heterocycles. The van der Waals surface area contributed by atoms with E-state index in [1.165, 1.54) is 29.7 Å². The van der Waals surface area contributed by atoms with Gasteiger partial charge in [0.05, 0.1) is 0 Å². The Kier molecular flexibility index (Phi) is 6.93. The first-order chi connectivity index (χ1) is 9.08. The maximum atomic E-state index is 3.49. The second kappa shape index (κ2) is 8.21. The van der Waals surface area contributed by atoms with Crippen molar-refractivity contribution in [3.63, 3.8) is 0 Å². The minimum atomic E-state index is 0.538. The smallest absolute Gasteiger partial charge is 0.0369 e. The fourth-order valence-corrected chi connectivity index (χ4v) is 2.30. The molecule has 1 aromatic rings. The third-order valence-corrected chi connectivity index (χ3v) is 3.38. The van der Waals surface area contributed by atoms with Gasteiger partial charge in [-0.05, 0) is 43.0 Å². The second-order valence-corrected chi connectivity index (χ2v) is 5.63. The Labute approximate surface area is 119 Å². The number of anilines is 1. The van der Waals surface area contributed by atoms with Crippen LogP contribution in [0.5, 0.6) is 0 Å². The topological polar surface area (TPSA) is 15.3 Å². The SMILES string of the molecule is CCCN(CCC)c1ccc(CNC(C)C)c(C)c1. The van der Waals surface area contributed by atoms with Crippen molar-refractivity contribution in [1.82, 2.24) is 5.32 Å². The van der Waals surface area contributed by atoms with Crippen molar-refractivity contribution in [2.24, 2.45) is 0 Å². The Morgan fingerprint density at radius 2 is 1.74 bits per heavy atom. The van der Waals surface area contributed by atoms with E-state index in [9.17, 15) is 0 Å². The van der Waals surface area contributed by atoms with Gasteiger partial charge < -0.3 is 10.2 Å². The van der Waals surface area contributed by atoms with E-state index in [-0.39, 0.29) is 0 Å². The molecule has 1 aromatic carbocycles. The lowest BCUT2D eigenvalue weighted by Crippen LogP contribution is -2.25. The molecule has 0 saturated carbocycles. The summed E-state index contributed by atoms with van der Waals surface area (Å²) in [4.78, 5) is 2.49. The molecule has 0 amide bonds. The molecule has 19 heavy (non-hydrogen) atoms. The molecule has 2 nitrogen and oxygen atoms in total. The van der Waals surface area contributed by atoms with Gasteiger partial charge in [-0.15, -0.1) is 0 Å². The van der Waals surface area contributed by atoms with Crippen LogP contribution in [-0.2, 0) is 6.54 Å². The standard InChI is InChI=1S/C17H30N2/c1-6-10-19(11-7-2)17-9-8-16(15(5)12-17)13-18-14(3)4/h8-9,12,14,18H,6-7,10-11,13H2,1-5H3. The highest BCUT2D eigenvalue weighted by Gasteiger charge is 2.07. The minimum Gasteiger partial charge on any atom is -0.372 e. The zero-order valence-electron chi connectivity index (χ0n) is 13.3. The highest BCUT2D eigenvalue weighted by Crippen LogP contribution is 2.20. The number of hydrogen-bond donors (Lipinski definition) is 1. The molecular formula is C17H30N2. The van der Waals surface area contributed by atoms with Gasteiger partial charge in [0.25, 0.3) is 0 Å². The van der Waals surface area contributed by atoms with Crippen molar-refractivity contribution in [1.29, 1.82) is 0 Å². The maximum Gasteiger partial charge on any atom is 0.0369 e. The lowest BCUT2D eigenvalue weighted by atomic mass is 10.1. The number of benzene rings is 1. The van der Waals surface area contributed by atoms with Crippen molar-refractivity contribution < 1.29 is 0 Å². The van der Waals surface area contributed by atoms with Gasteiger partial charge in [-0.3, -0.25) is 0 Å². The van der Waals surface area contributed by atoms with Gasteiger partial charge >= 0.3 is 0 Å². The van der Waals surface area contributed by atoms with Crippen LogP contribution in [0, 0.1) is 6.92 Å². The van der Waals surface area contributed by atoms with Gasteiger partial charge in [0.2, 0.25) is 0 Å². The molecule has 0 aliphatic carbocycles. The minimum absolute atomic E-state index is 0.538. The lowest BCUT2D eigenvalue weighted by molar-refractivity contribution is 0.587. The van der Waals surface area contributed by atoms with Gasteiger partial charge in [-0.25, -0.2) is 0 Å². The third kappa shape index (κ3) is 5.23. The molecule has 0 fully saturated rings. The Morgan fingerprint density at radius 1 is 1.11 bits per heavy atom. The fraction of sp³-hybridized carbons (Fsp3) is 0.647. The van der Waals surface area contributed by atoms with Crippen LogP contribution in [0.2, 0.25) is 0 Å². The van der Waals surface area contributed by atoms with Crippen LogP contribution in [0.4, 0.5) is 5.69 Å². The molecule has 0 bridgehead atoms. The first-order valence-electron chi connectivity index (χ1n) is 7.66. The number of rotatable bonds is 8. The molecule has 1 rings (SSSR count). The molecule has 108 valence electrons. The predicted octanol–water partition coefficient (Wildman–Crippen LogP) is 4.12.